The maximum absolute atomic E-state index is 11.8. The second-order valence-electron chi connectivity index (χ2n) is 4.57. The number of nitrogens with two attached hydrogens (primary N) is 2. The number of rotatable bonds is 4. The Morgan fingerprint density at radius 1 is 1.29 bits per heavy atom. The zero-order chi connectivity index (χ0) is 12.8. The minimum atomic E-state index is -1.33. The minimum absolute atomic E-state index is 0.136. The number of hydrogen-bond acceptors (Lipinski definition) is 4. The topological polar surface area (TPSA) is 118 Å². The van der Waals surface area contributed by atoms with Gasteiger partial charge in [-0.05, 0) is 12.8 Å². The van der Waals surface area contributed by atoms with Crippen LogP contribution in [0.1, 0.15) is 32.1 Å². The van der Waals surface area contributed by atoms with Crippen molar-refractivity contribution in [3.63, 3.8) is 0 Å². The molecule has 0 bridgehead atoms. The zero-order valence-electron chi connectivity index (χ0n) is 9.89. The Morgan fingerprint density at radius 3 is 2.59 bits per heavy atom. The highest BCUT2D eigenvalue weighted by molar-refractivity contribution is 5.82. The van der Waals surface area contributed by atoms with Gasteiger partial charge in [0.1, 0.15) is 6.10 Å². The van der Waals surface area contributed by atoms with Gasteiger partial charge in [0.05, 0.1) is 12.5 Å². The molecule has 3 unspecified atom stereocenters. The monoisotopic (exact) mass is 243 g/mol. The molecule has 1 rings (SSSR count). The van der Waals surface area contributed by atoms with Crippen LogP contribution in [-0.2, 0) is 9.59 Å². The fraction of sp³-hybridized carbons (Fsp3) is 0.818. The quantitative estimate of drug-likeness (QED) is 0.466. The van der Waals surface area contributed by atoms with Crippen LogP contribution in [0.5, 0.6) is 0 Å². The van der Waals surface area contributed by atoms with E-state index in [-0.39, 0.29) is 24.4 Å². The Labute approximate surface area is 101 Å². The number of amides is 2. The first kappa shape index (κ1) is 13.9. The molecule has 2 amide bonds. The number of aliphatic hydroxyl groups is 1. The Kier molecular flexibility index (Phi) is 5.37. The average Bonchev–Trinajstić information content (AvgIpc) is 2.50. The van der Waals surface area contributed by atoms with Crippen molar-refractivity contribution < 1.29 is 14.7 Å². The van der Waals surface area contributed by atoms with Crippen molar-refractivity contribution in [3.8, 4) is 0 Å². The first-order valence-electron chi connectivity index (χ1n) is 6.03. The summed E-state index contributed by atoms with van der Waals surface area (Å²) in [5.74, 6) is -1.26. The number of carbonyl (C=O) groups is 2. The predicted molar refractivity (Wildman–Crippen MR) is 62.8 cm³/mol. The molecular weight excluding hydrogens is 222 g/mol. The number of primary amides is 1. The molecule has 0 aliphatic heterocycles. The molecule has 1 fully saturated rings. The molecule has 0 aromatic heterocycles. The molecule has 6 N–H and O–H groups in total. The molecule has 0 radical (unpaired) electrons. The van der Waals surface area contributed by atoms with Crippen molar-refractivity contribution in [3.05, 3.63) is 0 Å². The highest BCUT2D eigenvalue weighted by atomic mass is 16.3. The summed E-state index contributed by atoms with van der Waals surface area (Å²) < 4.78 is 0. The van der Waals surface area contributed by atoms with E-state index in [4.69, 9.17) is 11.5 Å². The normalized spacial score (nSPS) is 26.9. The van der Waals surface area contributed by atoms with Crippen LogP contribution in [0, 0.1) is 5.92 Å². The van der Waals surface area contributed by atoms with E-state index in [0.717, 1.165) is 32.1 Å². The Hall–Kier alpha value is -1.14. The first-order valence-corrected chi connectivity index (χ1v) is 6.03. The van der Waals surface area contributed by atoms with Crippen LogP contribution < -0.4 is 16.8 Å². The van der Waals surface area contributed by atoms with Gasteiger partial charge in [0.15, 0.2) is 0 Å². The van der Waals surface area contributed by atoms with Gasteiger partial charge in [-0.3, -0.25) is 9.59 Å². The molecule has 0 aromatic carbocycles. The van der Waals surface area contributed by atoms with E-state index in [0.29, 0.717) is 0 Å². The maximum Gasteiger partial charge on any atom is 0.248 e. The number of aliphatic hydroxyl groups excluding tert-OH is 1. The van der Waals surface area contributed by atoms with E-state index in [1.165, 1.54) is 0 Å². The third-order valence-corrected chi connectivity index (χ3v) is 3.20. The largest absolute Gasteiger partial charge is 0.381 e. The summed E-state index contributed by atoms with van der Waals surface area (Å²) >= 11 is 0. The fourth-order valence-electron chi connectivity index (χ4n) is 2.09. The van der Waals surface area contributed by atoms with Gasteiger partial charge >= 0.3 is 0 Å². The van der Waals surface area contributed by atoms with Crippen LogP contribution in [-0.4, -0.2) is 35.6 Å². The van der Waals surface area contributed by atoms with E-state index >= 15 is 0 Å². The SMILES string of the molecule is NC(=O)C(O)CNC(=O)C1CCCCCC1N. The lowest BCUT2D eigenvalue weighted by Gasteiger charge is -2.21. The smallest absolute Gasteiger partial charge is 0.248 e. The number of carbonyl (C=O) groups excluding carboxylic acids is 2. The van der Waals surface area contributed by atoms with Gasteiger partial charge in [0, 0.05) is 6.04 Å². The molecule has 0 heterocycles. The van der Waals surface area contributed by atoms with Crippen molar-refractivity contribution in [2.24, 2.45) is 17.4 Å². The van der Waals surface area contributed by atoms with Crippen LogP contribution in [0.4, 0.5) is 0 Å². The molecule has 17 heavy (non-hydrogen) atoms. The van der Waals surface area contributed by atoms with E-state index in [1.54, 1.807) is 0 Å². The van der Waals surface area contributed by atoms with E-state index < -0.39 is 12.0 Å². The molecule has 3 atom stereocenters. The summed E-state index contributed by atoms with van der Waals surface area (Å²) in [5, 5.41) is 11.7. The highest BCUT2D eigenvalue weighted by Gasteiger charge is 2.27. The molecule has 0 spiro atoms. The van der Waals surface area contributed by atoms with Crippen LogP contribution in [0.15, 0.2) is 0 Å². The zero-order valence-corrected chi connectivity index (χ0v) is 9.89. The van der Waals surface area contributed by atoms with Gasteiger partial charge in [0.25, 0.3) is 0 Å². The minimum Gasteiger partial charge on any atom is -0.381 e. The van der Waals surface area contributed by atoms with Crippen molar-refractivity contribution in [2.45, 2.75) is 44.2 Å². The van der Waals surface area contributed by atoms with Gasteiger partial charge in [0.2, 0.25) is 11.8 Å². The second kappa shape index (κ2) is 6.56. The Morgan fingerprint density at radius 2 is 1.94 bits per heavy atom. The van der Waals surface area contributed by atoms with E-state index in [1.807, 2.05) is 0 Å². The molecule has 1 aliphatic carbocycles. The second-order valence-corrected chi connectivity index (χ2v) is 4.57. The number of hydrogen-bond donors (Lipinski definition) is 4. The van der Waals surface area contributed by atoms with Gasteiger partial charge in [-0.2, -0.15) is 0 Å². The Bertz CT molecular complexity index is 283. The summed E-state index contributed by atoms with van der Waals surface area (Å²) in [4.78, 5) is 22.4. The molecule has 1 aliphatic rings. The predicted octanol–water partition coefficient (Wildman–Crippen LogP) is -1.14. The lowest BCUT2D eigenvalue weighted by Crippen LogP contribution is -2.46. The van der Waals surface area contributed by atoms with Crippen molar-refractivity contribution in [1.82, 2.24) is 5.32 Å². The van der Waals surface area contributed by atoms with Crippen LogP contribution in [0.2, 0.25) is 0 Å². The summed E-state index contributed by atoms with van der Waals surface area (Å²) in [7, 11) is 0. The average molecular weight is 243 g/mol. The van der Waals surface area contributed by atoms with Gasteiger partial charge in [-0.25, -0.2) is 0 Å². The first-order chi connectivity index (χ1) is 8.02. The maximum atomic E-state index is 11.8. The third-order valence-electron chi connectivity index (χ3n) is 3.20. The molecule has 1 saturated carbocycles. The van der Waals surface area contributed by atoms with E-state index in [9.17, 15) is 14.7 Å². The van der Waals surface area contributed by atoms with Crippen LogP contribution in [0.3, 0.4) is 0 Å². The van der Waals surface area contributed by atoms with E-state index in [2.05, 4.69) is 5.32 Å². The fourth-order valence-corrected chi connectivity index (χ4v) is 2.09. The lowest BCUT2D eigenvalue weighted by molar-refractivity contribution is -0.128. The molecule has 6 heteroatoms. The Balaban J connectivity index is 2.42. The summed E-state index contributed by atoms with van der Waals surface area (Å²) in [6.45, 7) is -0.141. The molecule has 98 valence electrons. The summed E-state index contributed by atoms with van der Waals surface area (Å²) in [6.07, 6.45) is 3.41. The van der Waals surface area contributed by atoms with Gasteiger partial charge < -0.3 is 21.9 Å². The van der Waals surface area contributed by atoms with Gasteiger partial charge in [-0.1, -0.05) is 19.3 Å². The summed E-state index contributed by atoms with van der Waals surface area (Å²) in [5.41, 5.74) is 10.8. The van der Waals surface area contributed by atoms with Crippen molar-refractivity contribution >= 4 is 11.8 Å². The van der Waals surface area contributed by atoms with Gasteiger partial charge in [-0.15, -0.1) is 0 Å². The standard InChI is InChI=1S/C11H21N3O3/c12-8-5-3-1-2-4-7(8)11(17)14-6-9(15)10(13)16/h7-9,15H,1-6,12H2,(H2,13,16)(H,14,17). The number of nitrogens with one attached hydrogen (secondary N) is 1. The molecular formula is C11H21N3O3. The lowest BCUT2D eigenvalue weighted by atomic mass is 9.94. The highest BCUT2D eigenvalue weighted by Crippen LogP contribution is 2.22. The van der Waals surface area contributed by atoms with Crippen molar-refractivity contribution in [2.75, 3.05) is 6.54 Å². The van der Waals surface area contributed by atoms with Crippen molar-refractivity contribution in [1.29, 1.82) is 0 Å². The summed E-state index contributed by atoms with van der Waals surface area (Å²) in [6, 6.07) is -0.136. The van der Waals surface area contributed by atoms with Crippen LogP contribution >= 0.6 is 0 Å². The molecule has 0 saturated heterocycles. The third kappa shape index (κ3) is 4.32. The molecule has 0 aromatic rings. The molecule has 6 nitrogen and oxygen atoms in total. The van der Waals surface area contributed by atoms with Crippen LogP contribution in [0.25, 0.3) is 0 Å².